The highest BCUT2D eigenvalue weighted by molar-refractivity contribution is 5.80. The molecule has 1 aliphatic rings. The number of aromatic nitrogens is 2. The Hall–Kier alpha value is -2.82. The molecule has 5 heteroatoms. The van der Waals surface area contributed by atoms with Crippen molar-refractivity contribution >= 4 is 16.9 Å². The summed E-state index contributed by atoms with van der Waals surface area (Å²) >= 11 is 0. The van der Waals surface area contributed by atoms with Crippen LogP contribution in [0.3, 0.4) is 0 Å². The molecule has 1 saturated carbocycles. The summed E-state index contributed by atoms with van der Waals surface area (Å²) in [4.78, 5) is 16.7. The van der Waals surface area contributed by atoms with Crippen LogP contribution in [0, 0.1) is 19.8 Å². The Balaban J connectivity index is 1.46. The molecule has 3 aromatic rings. The summed E-state index contributed by atoms with van der Waals surface area (Å²) in [5, 5.41) is 3.04. The van der Waals surface area contributed by atoms with E-state index in [-0.39, 0.29) is 11.8 Å². The van der Waals surface area contributed by atoms with Gasteiger partial charge in [0.15, 0.2) is 0 Å². The Labute approximate surface area is 165 Å². The lowest BCUT2D eigenvalue weighted by molar-refractivity contribution is -0.122. The largest absolute Gasteiger partial charge is 0.491 e. The van der Waals surface area contributed by atoms with Gasteiger partial charge in [0.25, 0.3) is 0 Å². The van der Waals surface area contributed by atoms with Crippen LogP contribution in [0.5, 0.6) is 5.75 Å². The predicted octanol–water partition coefficient (Wildman–Crippen LogP) is 3.80. The molecule has 1 aliphatic carbocycles. The number of ether oxygens (including phenoxy) is 1. The topological polar surface area (TPSA) is 56.1 Å². The van der Waals surface area contributed by atoms with Gasteiger partial charge in [-0.15, -0.1) is 0 Å². The third-order valence-corrected chi connectivity index (χ3v) is 5.30. The van der Waals surface area contributed by atoms with Gasteiger partial charge in [0.1, 0.15) is 18.2 Å². The van der Waals surface area contributed by atoms with Crippen LogP contribution >= 0.6 is 0 Å². The molecule has 0 atom stereocenters. The highest BCUT2D eigenvalue weighted by atomic mass is 16.5. The van der Waals surface area contributed by atoms with Gasteiger partial charge in [-0.3, -0.25) is 4.79 Å². The van der Waals surface area contributed by atoms with Crippen LogP contribution in [0.25, 0.3) is 11.0 Å². The average Bonchev–Trinajstić information content (AvgIpc) is 3.47. The number of rotatable bonds is 8. The monoisotopic (exact) mass is 377 g/mol. The Morgan fingerprint density at radius 2 is 1.89 bits per heavy atom. The molecule has 0 spiro atoms. The molecule has 1 fully saturated rings. The first-order valence-corrected chi connectivity index (χ1v) is 10.0. The quantitative estimate of drug-likeness (QED) is 0.650. The van der Waals surface area contributed by atoms with Gasteiger partial charge < -0.3 is 14.6 Å². The van der Waals surface area contributed by atoms with E-state index >= 15 is 0 Å². The maximum atomic E-state index is 11.9. The minimum absolute atomic E-state index is 0.182. The zero-order valence-electron chi connectivity index (χ0n) is 16.6. The molecule has 0 aliphatic heterocycles. The third kappa shape index (κ3) is 4.03. The fourth-order valence-corrected chi connectivity index (χ4v) is 3.62. The molecule has 0 unspecified atom stereocenters. The number of nitrogens with one attached hydrogen (secondary N) is 1. The summed E-state index contributed by atoms with van der Waals surface area (Å²) in [6.45, 7) is 6.07. The number of hydrogen-bond acceptors (Lipinski definition) is 3. The molecule has 0 saturated heterocycles. The summed E-state index contributed by atoms with van der Waals surface area (Å²) < 4.78 is 8.32. The molecule has 1 aromatic heterocycles. The summed E-state index contributed by atoms with van der Waals surface area (Å²) in [7, 11) is 0. The lowest BCUT2D eigenvalue weighted by atomic mass is 10.1. The van der Waals surface area contributed by atoms with Gasteiger partial charge in [-0.1, -0.05) is 30.3 Å². The Bertz CT molecular complexity index is 968. The molecule has 4 rings (SSSR count). The molecule has 146 valence electrons. The molecule has 5 nitrogen and oxygen atoms in total. The third-order valence-electron chi connectivity index (χ3n) is 5.30. The number of nitrogens with zero attached hydrogens (tertiary/aromatic N) is 2. The second-order valence-corrected chi connectivity index (χ2v) is 7.55. The highest BCUT2D eigenvalue weighted by Crippen LogP contribution is 2.28. The van der Waals surface area contributed by atoms with Crippen molar-refractivity contribution in [2.75, 3.05) is 13.2 Å². The van der Waals surface area contributed by atoms with E-state index in [9.17, 15) is 4.79 Å². The van der Waals surface area contributed by atoms with Gasteiger partial charge in [0.2, 0.25) is 5.91 Å². The van der Waals surface area contributed by atoms with Gasteiger partial charge in [0, 0.05) is 18.9 Å². The van der Waals surface area contributed by atoms with Gasteiger partial charge in [0.05, 0.1) is 17.6 Å². The van der Waals surface area contributed by atoms with Crippen LogP contribution < -0.4 is 10.1 Å². The van der Waals surface area contributed by atoms with Crippen molar-refractivity contribution in [2.24, 2.45) is 5.92 Å². The van der Waals surface area contributed by atoms with E-state index in [0.29, 0.717) is 13.2 Å². The van der Waals surface area contributed by atoms with Crippen molar-refractivity contribution < 1.29 is 9.53 Å². The van der Waals surface area contributed by atoms with Crippen molar-refractivity contribution in [1.82, 2.24) is 14.9 Å². The van der Waals surface area contributed by atoms with E-state index in [4.69, 9.17) is 9.72 Å². The van der Waals surface area contributed by atoms with Crippen molar-refractivity contribution in [1.29, 1.82) is 0 Å². The number of carbonyl (C=O) groups excluding carboxylic acids is 1. The van der Waals surface area contributed by atoms with E-state index in [1.165, 1.54) is 0 Å². The molecule has 1 N–H and O–H groups in total. The number of imidazole rings is 1. The summed E-state index contributed by atoms with van der Waals surface area (Å²) in [6.07, 6.45) is 2.77. The number of carbonyl (C=O) groups is 1. The van der Waals surface area contributed by atoms with Crippen LogP contribution in [0.1, 0.15) is 29.8 Å². The Morgan fingerprint density at radius 1 is 1.14 bits per heavy atom. The average molecular weight is 377 g/mol. The molecular formula is C23H27N3O2. The van der Waals surface area contributed by atoms with E-state index in [0.717, 1.165) is 59.5 Å². The Kier molecular flexibility index (Phi) is 5.33. The first kappa shape index (κ1) is 18.5. The van der Waals surface area contributed by atoms with Crippen LogP contribution in [-0.2, 0) is 17.8 Å². The van der Waals surface area contributed by atoms with Gasteiger partial charge in [-0.2, -0.15) is 0 Å². The first-order valence-electron chi connectivity index (χ1n) is 10.0. The lowest BCUT2D eigenvalue weighted by Gasteiger charge is -2.14. The molecule has 1 amide bonds. The number of fused-ring (bicyclic) bond motifs is 1. The minimum atomic E-state index is 0.182. The molecular weight excluding hydrogens is 350 g/mol. The number of aryl methyl sites for hydroxylation is 2. The van der Waals surface area contributed by atoms with E-state index in [2.05, 4.69) is 48.0 Å². The maximum Gasteiger partial charge on any atom is 0.223 e. The number of benzene rings is 2. The smallest absolute Gasteiger partial charge is 0.223 e. The van der Waals surface area contributed by atoms with Crippen LogP contribution in [-0.4, -0.2) is 28.6 Å². The van der Waals surface area contributed by atoms with Crippen LogP contribution in [0.2, 0.25) is 0 Å². The van der Waals surface area contributed by atoms with E-state index in [1.54, 1.807) is 0 Å². The maximum absolute atomic E-state index is 11.9. The van der Waals surface area contributed by atoms with Crippen molar-refractivity contribution in [2.45, 2.75) is 39.7 Å². The fraction of sp³-hybridized carbons (Fsp3) is 0.391. The number of amides is 1. The van der Waals surface area contributed by atoms with E-state index < -0.39 is 0 Å². The van der Waals surface area contributed by atoms with Gasteiger partial charge in [-0.05, 0) is 49.9 Å². The zero-order valence-corrected chi connectivity index (χ0v) is 16.6. The Morgan fingerprint density at radius 3 is 2.64 bits per heavy atom. The summed E-state index contributed by atoms with van der Waals surface area (Å²) in [5.74, 6) is 2.37. The second-order valence-electron chi connectivity index (χ2n) is 7.55. The molecule has 28 heavy (non-hydrogen) atoms. The SMILES string of the molecule is Cc1cccc(C)c1OCCn1c(CCNC(=O)C2CC2)nc2ccccc21. The normalized spacial score (nSPS) is 13.6. The number of hydrogen-bond donors (Lipinski definition) is 1. The standard InChI is InChI=1S/C23H27N3O2/c1-16-6-5-7-17(2)22(16)28-15-14-26-20-9-4-3-8-19(20)25-21(26)12-13-24-23(27)18-10-11-18/h3-9,18H,10-15H2,1-2H3,(H,24,27). The minimum Gasteiger partial charge on any atom is -0.491 e. The predicted molar refractivity (Wildman–Crippen MR) is 111 cm³/mol. The van der Waals surface area contributed by atoms with Crippen LogP contribution in [0.15, 0.2) is 42.5 Å². The molecule has 0 bridgehead atoms. The van der Waals surface area contributed by atoms with Gasteiger partial charge in [-0.25, -0.2) is 4.98 Å². The molecule has 0 radical (unpaired) electrons. The lowest BCUT2D eigenvalue weighted by Crippen LogP contribution is -2.27. The highest BCUT2D eigenvalue weighted by Gasteiger charge is 2.29. The zero-order chi connectivity index (χ0) is 19.5. The van der Waals surface area contributed by atoms with Crippen molar-refractivity contribution in [3.05, 3.63) is 59.4 Å². The fourth-order valence-electron chi connectivity index (χ4n) is 3.62. The molecule has 1 heterocycles. The summed E-state index contributed by atoms with van der Waals surface area (Å²) in [5.41, 5.74) is 4.39. The van der Waals surface area contributed by atoms with Crippen molar-refractivity contribution in [3.63, 3.8) is 0 Å². The van der Waals surface area contributed by atoms with Crippen LogP contribution in [0.4, 0.5) is 0 Å². The second kappa shape index (κ2) is 8.05. The summed E-state index contributed by atoms with van der Waals surface area (Å²) in [6, 6.07) is 14.4. The van der Waals surface area contributed by atoms with Gasteiger partial charge >= 0.3 is 0 Å². The number of para-hydroxylation sites is 3. The van der Waals surface area contributed by atoms with Crippen molar-refractivity contribution in [3.8, 4) is 5.75 Å². The first-order chi connectivity index (χ1) is 13.6. The molecule has 2 aromatic carbocycles. The van der Waals surface area contributed by atoms with E-state index in [1.807, 2.05) is 18.2 Å².